The first-order valence-corrected chi connectivity index (χ1v) is 24.6. The molecule has 14 nitrogen and oxygen atoms in total. The second kappa shape index (κ2) is 24.1. The van der Waals surface area contributed by atoms with E-state index in [0.717, 1.165) is 32.8 Å². The van der Waals surface area contributed by atoms with E-state index in [1.165, 1.54) is 18.2 Å². The lowest BCUT2D eigenvalue weighted by atomic mass is 9.81. The van der Waals surface area contributed by atoms with E-state index in [2.05, 4.69) is 31.2 Å². The highest BCUT2D eigenvalue weighted by molar-refractivity contribution is 7.13. The zero-order chi connectivity index (χ0) is 50.6. The summed E-state index contributed by atoms with van der Waals surface area (Å²) in [6.07, 6.45) is 2.29. The number of rotatable bonds is 19. The Labute approximate surface area is 411 Å². The van der Waals surface area contributed by atoms with Crippen molar-refractivity contribution in [1.82, 2.24) is 36.1 Å². The molecule has 0 spiro atoms. The zero-order valence-electron chi connectivity index (χ0n) is 40.4. The molecular weight excluding hydrogens is 924 g/mol. The van der Waals surface area contributed by atoms with Crippen molar-refractivity contribution in [3.63, 3.8) is 0 Å². The van der Waals surface area contributed by atoms with Crippen molar-refractivity contribution in [2.75, 3.05) is 20.2 Å². The minimum atomic E-state index is -4.17. The molecule has 2 fully saturated rings. The van der Waals surface area contributed by atoms with Crippen molar-refractivity contribution in [3.05, 3.63) is 106 Å². The standard InChI is InChI=1S/C52H64F3N7O7S/c1-32-46(70-31-60-32)37-17-13-34(14-18-37)27-59-49(67)42-26-40(63)30-62(42)50(68)47(51(2,3)4)61-44(64)11-6-7-22-56-45(65)24-35-9-8-10-36(23-35)28-58-48(66)41-25-38(43(69-5)29-57-41)19-12-33-15-20-39(21-16-33)52(53,54)55/h8-10,12-14,17-19,23,25,29,31,33,39-40,42,47,63H,6-7,11,15-16,20-22,24,26-28,30H2,1-5H3,(H,56,65)(H,58,66)(H,59,67)(H,61,64). The molecule has 4 aromatic rings. The molecule has 70 heavy (non-hydrogen) atoms. The number of aliphatic hydroxyl groups excluding tert-OH is 1. The number of alkyl halides is 3. The van der Waals surface area contributed by atoms with Crippen molar-refractivity contribution in [2.24, 2.45) is 17.3 Å². The molecule has 18 heteroatoms. The number of benzene rings is 2. The van der Waals surface area contributed by atoms with Gasteiger partial charge in [0, 0.05) is 44.6 Å². The van der Waals surface area contributed by atoms with Crippen LogP contribution in [-0.4, -0.2) is 94.1 Å². The molecule has 3 heterocycles. The molecule has 2 aliphatic rings. The monoisotopic (exact) mass is 987 g/mol. The van der Waals surface area contributed by atoms with Crippen LogP contribution >= 0.6 is 11.3 Å². The van der Waals surface area contributed by atoms with Crippen LogP contribution in [0, 0.1) is 24.2 Å². The molecule has 6 rings (SSSR count). The summed E-state index contributed by atoms with van der Waals surface area (Å²) in [4.78, 5) is 77.7. The van der Waals surface area contributed by atoms with E-state index < -0.39 is 47.5 Å². The van der Waals surface area contributed by atoms with Gasteiger partial charge in [-0.05, 0) is 85.1 Å². The second-order valence-corrected chi connectivity index (χ2v) is 20.1. The summed E-state index contributed by atoms with van der Waals surface area (Å²) in [5.41, 5.74) is 6.19. The zero-order valence-corrected chi connectivity index (χ0v) is 41.2. The average Bonchev–Trinajstić information content (AvgIpc) is 3.95. The van der Waals surface area contributed by atoms with Gasteiger partial charge in [0.05, 0.1) is 47.8 Å². The van der Waals surface area contributed by atoms with E-state index in [1.807, 2.05) is 76.2 Å². The molecule has 5 N–H and O–H groups in total. The third-order valence-corrected chi connectivity index (χ3v) is 13.8. The SMILES string of the molecule is COc1cnc(C(=O)NCc2cccc(CC(=O)NCCCCC(=O)NC(C(=O)N3CC(O)CC3C(=O)NCc3ccc(-c4scnc4C)cc3)C(C)(C)C)c2)cc1C=CC1CCC(C(F)(F)F)CC1. The van der Waals surface area contributed by atoms with E-state index in [4.69, 9.17) is 4.74 Å². The van der Waals surface area contributed by atoms with Gasteiger partial charge in [-0.1, -0.05) is 81.5 Å². The Bertz CT molecular complexity index is 2480. The number of nitrogens with zero attached hydrogens (tertiary/aromatic N) is 3. The predicted molar refractivity (Wildman–Crippen MR) is 261 cm³/mol. The number of pyridine rings is 1. The van der Waals surface area contributed by atoms with Crippen LogP contribution in [0.5, 0.6) is 5.75 Å². The number of methoxy groups -OCH3 is 1. The van der Waals surface area contributed by atoms with Gasteiger partial charge in [-0.2, -0.15) is 13.2 Å². The second-order valence-electron chi connectivity index (χ2n) is 19.3. The van der Waals surface area contributed by atoms with Gasteiger partial charge in [0.2, 0.25) is 23.6 Å². The van der Waals surface area contributed by atoms with Crippen LogP contribution in [-0.2, 0) is 38.7 Å². The Morgan fingerprint density at radius 2 is 1.61 bits per heavy atom. The minimum Gasteiger partial charge on any atom is -0.495 e. The Morgan fingerprint density at radius 3 is 2.29 bits per heavy atom. The largest absolute Gasteiger partial charge is 0.495 e. The number of carbonyl (C=O) groups excluding carboxylic acids is 5. The number of carbonyl (C=O) groups is 5. The van der Waals surface area contributed by atoms with Crippen LogP contribution in [0.4, 0.5) is 13.2 Å². The lowest BCUT2D eigenvalue weighted by Gasteiger charge is -2.35. The molecule has 376 valence electrons. The summed E-state index contributed by atoms with van der Waals surface area (Å²) in [5.74, 6) is -2.66. The lowest BCUT2D eigenvalue weighted by Crippen LogP contribution is -2.57. The highest BCUT2D eigenvalue weighted by Crippen LogP contribution is 2.40. The number of β-amino-alcohol motifs (C(OH)–C–C–N with tert-alkyl or cyclic N) is 1. The van der Waals surface area contributed by atoms with E-state index in [1.54, 1.807) is 35.1 Å². The highest BCUT2D eigenvalue weighted by Gasteiger charge is 2.44. The number of hydrogen-bond acceptors (Lipinski definition) is 10. The van der Waals surface area contributed by atoms with Gasteiger partial charge in [0.1, 0.15) is 23.5 Å². The average molecular weight is 988 g/mol. The smallest absolute Gasteiger partial charge is 0.391 e. The quantitative estimate of drug-likeness (QED) is 0.0593. The molecule has 1 aliphatic heterocycles. The maximum atomic E-state index is 14.0. The number of hydrogen-bond donors (Lipinski definition) is 5. The number of nitrogens with one attached hydrogen (secondary N) is 4. The van der Waals surface area contributed by atoms with Crippen LogP contribution in [0.2, 0.25) is 0 Å². The van der Waals surface area contributed by atoms with Crippen LogP contribution in [0.25, 0.3) is 16.5 Å². The number of aryl methyl sites for hydroxylation is 1. The Balaban J connectivity index is 0.911. The molecule has 5 amide bonds. The summed E-state index contributed by atoms with van der Waals surface area (Å²) in [7, 11) is 1.48. The van der Waals surface area contributed by atoms with Crippen molar-refractivity contribution in [1.29, 1.82) is 0 Å². The number of likely N-dealkylation sites (tertiary alicyclic amines) is 1. The molecule has 3 unspecified atom stereocenters. The summed E-state index contributed by atoms with van der Waals surface area (Å²) < 4.78 is 44.7. The number of aromatic nitrogens is 2. The molecule has 2 aromatic carbocycles. The number of thiazole rings is 1. The van der Waals surface area contributed by atoms with Crippen molar-refractivity contribution in [3.8, 4) is 16.2 Å². The van der Waals surface area contributed by atoms with Gasteiger partial charge in [-0.25, -0.2) is 9.97 Å². The Hall–Kier alpha value is -6.14. The van der Waals surface area contributed by atoms with Gasteiger partial charge in [-0.3, -0.25) is 24.0 Å². The maximum Gasteiger partial charge on any atom is 0.391 e. The third-order valence-electron chi connectivity index (χ3n) is 12.8. The van der Waals surface area contributed by atoms with E-state index in [-0.39, 0.29) is 81.1 Å². The van der Waals surface area contributed by atoms with E-state index >= 15 is 0 Å². The van der Waals surface area contributed by atoms with Gasteiger partial charge < -0.3 is 36.0 Å². The van der Waals surface area contributed by atoms with Gasteiger partial charge in [0.25, 0.3) is 5.91 Å². The van der Waals surface area contributed by atoms with E-state index in [0.29, 0.717) is 43.5 Å². The van der Waals surface area contributed by atoms with Crippen molar-refractivity contribution >= 4 is 46.9 Å². The third kappa shape index (κ3) is 14.9. The number of aliphatic hydroxyl groups is 1. The summed E-state index contributed by atoms with van der Waals surface area (Å²) in [5, 5.41) is 22.1. The fourth-order valence-corrected chi connectivity index (χ4v) is 9.60. The molecular formula is C52H64F3N7O7S. The number of ether oxygens (including phenoxy) is 1. The Kier molecular flexibility index (Phi) is 18.3. The minimum absolute atomic E-state index is 0.00788. The van der Waals surface area contributed by atoms with Crippen molar-refractivity contribution < 1.29 is 47.0 Å². The van der Waals surface area contributed by atoms with E-state index in [9.17, 15) is 42.3 Å². The Morgan fingerprint density at radius 1 is 0.900 bits per heavy atom. The molecule has 0 bridgehead atoms. The number of allylic oxidation sites excluding steroid dienone is 1. The maximum absolute atomic E-state index is 14.0. The first-order chi connectivity index (χ1) is 33.3. The van der Waals surface area contributed by atoms with Crippen LogP contribution in [0.1, 0.15) is 111 Å². The fourth-order valence-electron chi connectivity index (χ4n) is 8.78. The first kappa shape index (κ1) is 53.2. The first-order valence-electron chi connectivity index (χ1n) is 23.8. The van der Waals surface area contributed by atoms with Crippen molar-refractivity contribution in [2.45, 2.75) is 123 Å². The summed E-state index contributed by atoms with van der Waals surface area (Å²) in [6, 6.07) is 14.8. The molecule has 1 saturated heterocycles. The van der Waals surface area contributed by atoms with Crippen LogP contribution in [0.3, 0.4) is 0 Å². The molecule has 1 aliphatic carbocycles. The molecule has 0 radical (unpaired) electrons. The number of halogens is 3. The lowest BCUT2D eigenvalue weighted by molar-refractivity contribution is -0.183. The summed E-state index contributed by atoms with van der Waals surface area (Å²) in [6.45, 7) is 8.14. The number of unbranched alkanes of at least 4 members (excludes halogenated alkanes) is 1. The highest BCUT2D eigenvalue weighted by atomic mass is 32.1. The fraction of sp³-hybridized carbons (Fsp3) is 0.481. The molecule has 1 saturated carbocycles. The molecule has 3 atom stereocenters. The van der Waals surface area contributed by atoms with Gasteiger partial charge in [-0.15, -0.1) is 11.3 Å². The normalized spacial score (nSPS) is 18.8. The predicted octanol–water partition coefficient (Wildman–Crippen LogP) is 7.47. The van der Waals surface area contributed by atoms with Crippen LogP contribution < -0.4 is 26.0 Å². The summed E-state index contributed by atoms with van der Waals surface area (Å²) >= 11 is 1.56. The molecule has 2 aromatic heterocycles. The topological polar surface area (TPSA) is 192 Å². The van der Waals surface area contributed by atoms with Gasteiger partial charge >= 0.3 is 6.18 Å². The number of amides is 5. The van der Waals surface area contributed by atoms with Gasteiger partial charge in [0.15, 0.2) is 0 Å². The van der Waals surface area contributed by atoms with Crippen LogP contribution in [0.15, 0.2) is 72.4 Å².